The first kappa shape index (κ1) is 12.8. The van der Waals surface area contributed by atoms with Crippen LogP contribution in [0.3, 0.4) is 0 Å². The highest BCUT2D eigenvalue weighted by Gasteiger charge is 2.19. The Balaban J connectivity index is 3.33. The molecule has 0 N–H and O–H groups in total. The molecule has 0 aliphatic heterocycles. The van der Waals surface area contributed by atoms with E-state index in [0.717, 1.165) is 13.2 Å². The van der Waals surface area contributed by atoms with E-state index in [0.29, 0.717) is 5.69 Å². The lowest BCUT2D eigenvalue weighted by atomic mass is 10.1. The zero-order chi connectivity index (χ0) is 12.3. The van der Waals surface area contributed by atoms with Crippen molar-refractivity contribution < 1.29 is 18.3 Å². The normalized spacial score (nSPS) is 10.6. The lowest BCUT2D eigenvalue weighted by Gasteiger charge is -2.10. The highest BCUT2D eigenvalue weighted by molar-refractivity contribution is 6.17. The van der Waals surface area contributed by atoms with E-state index >= 15 is 0 Å². The lowest BCUT2D eigenvalue weighted by Crippen LogP contribution is -2.09. The number of pyridine rings is 1. The number of nitrogens with zero attached hydrogens (tertiary/aromatic N) is 1. The second kappa shape index (κ2) is 5.21. The van der Waals surface area contributed by atoms with Crippen LogP contribution in [-0.4, -0.2) is 18.1 Å². The molecule has 0 saturated heterocycles. The van der Waals surface area contributed by atoms with Crippen molar-refractivity contribution in [3.8, 4) is 0 Å². The minimum absolute atomic E-state index is 0.0695. The number of aryl methyl sites for hydroxylation is 1. The van der Waals surface area contributed by atoms with Gasteiger partial charge in [0.1, 0.15) is 5.69 Å². The molecule has 0 bridgehead atoms. The molecule has 0 aromatic carbocycles. The summed E-state index contributed by atoms with van der Waals surface area (Å²) in [5.41, 5.74) is 0.157. The minimum atomic E-state index is -2.70. The number of halogens is 3. The number of ether oxygens (including phenoxy) is 1. The first-order valence-electron chi connectivity index (χ1n) is 4.44. The summed E-state index contributed by atoms with van der Waals surface area (Å²) < 4.78 is 29.8. The summed E-state index contributed by atoms with van der Waals surface area (Å²) in [7, 11) is 1.16. The van der Waals surface area contributed by atoms with Gasteiger partial charge < -0.3 is 4.74 Å². The van der Waals surface area contributed by atoms with Crippen LogP contribution in [0.25, 0.3) is 0 Å². The minimum Gasteiger partial charge on any atom is -0.464 e. The molecule has 1 aromatic heterocycles. The van der Waals surface area contributed by atoms with Crippen molar-refractivity contribution in [1.29, 1.82) is 0 Å². The Morgan fingerprint density at radius 3 is 2.69 bits per heavy atom. The molecular weight excluding hydrogens is 240 g/mol. The van der Waals surface area contributed by atoms with Crippen LogP contribution in [0.4, 0.5) is 8.78 Å². The van der Waals surface area contributed by atoms with Crippen LogP contribution in [-0.2, 0) is 10.6 Å². The van der Waals surface area contributed by atoms with Crippen molar-refractivity contribution in [3.63, 3.8) is 0 Å². The van der Waals surface area contributed by atoms with Crippen LogP contribution in [0.1, 0.15) is 33.7 Å². The van der Waals surface area contributed by atoms with E-state index in [4.69, 9.17) is 11.6 Å². The number of rotatable bonds is 3. The monoisotopic (exact) mass is 249 g/mol. The first-order chi connectivity index (χ1) is 7.51. The van der Waals surface area contributed by atoms with Gasteiger partial charge in [-0.2, -0.15) is 0 Å². The third kappa shape index (κ3) is 2.47. The predicted molar refractivity (Wildman–Crippen MR) is 54.8 cm³/mol. The van der Waals surface area contributed by atoms with Crippen molar-refractivity contribution in [2.24, 2.45) is 0 Å². The highest BCUT2D eigenvalue weighted by atomic mass is 35.5. The number of hydrogen-bond acceptors (Lipinski definition) is 3. The fourth-order valence-corrected chi connectivity index (χ4v) is 1.65. The second-order valence-corrected chi connectivity index (χ2v) is 3.35. The van der Waals surface area contributed by atoms with Gasteiger partial charge in [0.15, 0.2) is 0 Å². The molecule has 0 unspecified atom stereocenters. The van der Waals surface area contributed by atoms with Crippen molar-refractivity contribution >= 4 is 17.6 Å². The number of alkyl halides is 3. The largest absolute Gasteiger partial charge is 0.464 e. The van der Waals surface area contributed by atoms with E-state index in [1.54, 1.807) is 0 Å². The predicted octanol–water partition coefficient (Wildman–Crippen LogP) is 2.85. The molecule has 1 aromatic rings. The fourth-order valence-electron chi connectivity index (χ4n) is 1.30. The second-order valence-electron chi connectivity index (χ2n) is 3.09. The number of methoxy groups -OCH3 is 1. The molecule has 88 valence electrons. The molecule has 1 rings (SSSR count). The summed E-state index contributed by atoms with van der Waals surface area (Å²) in [6, 6.07) is 1.02. The summed E-state index contributed by atoms with van der Waals surface area (Å²) in [6.45, 7) is 1.52. The summed E-state index contributed by atoms with van der Waals surface area (Å²) in [5, 5.41) is 0. The van der Waals surface area contributed by atoms with Crippen molar-refractivity contribution in [3.05, 3.63) is 28.6 Å². The van der Waals surface area contributed by atoms with E-state index in [1.807, 2.05) is 0 Å². The van der Waals surface area contributed by atoms with E-state index in [9.17, 15) is 13.6 Å². The van der Waals surface area contributed by atoms with E-state index in [-0.39, 0.29) is 22.7 Å². The fraction of sp³-hybridized carbons (Fsp3) is 0.400. The number of carbonyl (C=O) groups excluding carboxylic acids is 1. The standard InChI is InChI=1S/C10H10ClF2NO2/c1-5-7(4-11)6(9(12)13)3-8(14-5)10(15)16-2/h3,9H,4H2,1-2H3. The van der Waals surface area contributed by atoms with Gasteiger partial charge in [-0.25, -0.2) is 18.6 Å². The average Bonchev–Trinajstić information content (AvgIpc) is 2.26. The van der Waals surface area contributed by atoms with E-state index < -0.39 is 12.4 Å². The molecule has 0 aliphatic rings. The van der Waals surface area contributed by atoms with Gasteiger partial charge in [-0.1, -0.05) is 0 Å². The van der Waals surface area contributed by atoms with Crippen LogP contribution in [0, 0.1) is 6.92 Å². The Hall–Kier alpha value is -1.23. The first-order valence-corrected chi connectivity index (χ1v) is 4.97. The molecule has 3 nitrogen and oxygen atoms in total. The Kier molecular flexibility index (Phi) is 4.18. The summed E-state index contributed by atoms with van der Waals surface area (Å²) >= 11 is 5.56. The van der Waals surface area contributed by atoms with Crippen LogP contribution in [0.2, 0.25) is 0 Å². The number of aromatic nitrogens is 1. The van der Waals surface area contributed by atoms with Crippen molar-refractivity contribution in [2.45, 2.75) is 19.2 Å². The third-order valence-corrected chi connectivity index (χ3v) is 2.40. The third-order valence-electron chi connectivity index (χ3n) is 2.13. The molecule has 0 amide bonds. The summed E-state index contributed by atoms with van der Waals surface area (Å²) in [5.74, 6) is -0.814. The number of esters is 1. The van der Waals surface area contributed by atoms with Gasteiger partial charge >= 0.3 is 5.97 Å². The maximum atomic E-state index is 12.7. The molecule has 6 heteroatoms. The maximum absolute atomic E-state index is 12.7. The van der Waals surface area contributed by atoms with Gasteiger partial charge in [0.2, 0.25) is 0 Å². The van der Waals surface area contributed by atoms with Crippen LogP contribution in [0.5, 0.6) is 0 Å². The van der Waals surface area contributed by atoms with Gasteiger partial charge in [0.25, 0.3) is 6.43 Å². The molecule has 0 fully saturated rings. The van der Waals surface area contributed by atoms with Crippen molar-refractivity contribution in [2.75, 3.05) is 7.11 Å². The lowest BCUT2D eigenvalue weighted by molar-refractivity contribution is 0.0593. The summed E-state index contributed by atoms with van der Waals surface area (Å²) in [4.78, 5) is 15.0. The number of hydrogen-bond donors (Lipinski definition) is 0. The Labute approximate surface area is 96.4 Å². The van der Waals surface area contributed by atoms with Crippen LogP contribution < -0.4 is 0 Å². The smallest absolute Gasteiger partial charge is 0.356 e. The molecule has 0 spiro atoms. The quantitative estimate of drug-likeness (QED) is 0.611. The molecule has 0 saturated carbocycles. The van der Waals surface area contributed by atoms with Gasteiger partial charge in [0, 0.05) is 17.1 Å². The van der Waals surface area contributed by atoms with E-state index in [2.05, 4.69) is 9.72 Å². The Morgan fingerprint density at radius 1 is 1.62 bits per heavy atom. The Morgan fingerprint density at radius 2 is 2.25 bits per heavy atom. The average molecular weight is 250 g/mol. The molecule has 16 heavy (non-hydrogen) atoms. The Bertz CT molecular complexity index is 410. The molecular formula is C10H10ClF2NO2. The zero-order valence-electron chi connectivity index (χ0n) is 8.76. The number of carbonyl (C=O) groups is 1. The highest BCUT2D eigenvalue weighted by Crippen LogP contribution is 2.26. The SMILES string of the molecule is COC(=O)c1cc(C(F)F)c(CCl)c(C)n1. The van der Waals surface area contributed by atoms with Gasteiger partial charge in [-0.3, -0.25) is 0 Å². The molecule has 1 heterocycles. The molecule has 0 aliphatic carbocycles. The van der Waals surface area contributed by atoms with Crippen LogP contribution in [0.15, 0.2) is 6.07 Å². The topological polar surface area (TPSA) is 39.2 Å². The zero-order valence-corrected chi connectivity index (χ0v) is 9.52. The molecule has 0 atom stereocenters. The van der Waals surface area contributed by atoms with Gasteiger partial charge in [0.05, 0.1) is 7.11 Å². The maximum Gasteiger partial charge on any atom is 0.356 e. The molecule has 0 radical (unpaired) electrons. The van der Waals surface area contributed by atoms with Crippen LogP contribution >= 0.6 is 11.6 Å². The van der Waals surface area contributed by atoms with Gasteiger partial charge in [-0.15, -0.1) is 11.6 Å². The van der Waals surface area contributed by atoms with E-state index in [1.165, 1.54) is 6.92 Å². The summed E-state index contributed by atoms with van der Waals surface area (Å²) in [6.07, 6.45) is -2.70. The van der Waals surface area contributed by atoms with Crippen molar-refractivity contribution in [1.82, 2.24) is 4.98 Å². The van der Waals surface area contributed by atoms with Gasteiger partial charge in [-0.05, 0) is 18.6 Å².